The van der Waals surface area contributed by atoms with Crippen LogP contribution in [0.15, 0.2) is 0 Å². The average Bonchev–Trinajstić information content (AvgIpc) is 2.31. The van der Waals surface area contributed by atoms with Crippen molar-refractivity contribution >= 4 is 31.1 Å². The van der Waals surface area contributed by atoms with Gasteiger partial charge in [-0.3, -0.25) is 0 Å². The summed E-state index contributed by atoms with van der Waals surface area (Å²) in [5, 5.41) is 0. The van der Waals surface area contributed by atoms with Crippen LogP contribution in [0.3, 0.4) is 0 Å². The van der Waals surface area contributed by atoms with Crippen molar-refractivity contribution in [3.63, 3.8) is 0 Å². The second-order valence-electron chi connectivity index (χ2n) is 5.24. The topological polar surface area (TPSA) is 55.8 Å². The second kappa shape index (κ2) is 8.09. The number of hydrogen-bond donors (Lipinski definition) is 0. The SMILES string of the molecule is CCC[CH2][Sn]1([CH2]CCC)[O]C(=O)CN(C)CC(=O)[O]1. The number of nitrogens with zero attached hydrogens (tertiary/aromatic N) is 1. The first-order chi connectivity index (χ1) is 9.01. The Bertz CT molecular complexity index is 292. The van der Waals surface area contributed by atoms with E-state index in [-0.39, 0.29) is 25.0 Å². The molecule has 0 aromatic rings. The van der Waals surface area contributed by atoms with Gasteiger partial charge in [0, 0.05) is 0 Å². The Labute approximate surface area is 120 Å². The minimum absolute atomic E-state index is 0.187. The third kappa shape index (κ3) is 5.69. The number of hydrogen-bond acceptors (Lipinski definition) is 5. The molecule has 0 atom stereocenters. The molecule has 0 N–H and O–H groups in total. The van der Waals surface area contributed by atoms with Crippen molar-refractivity contribution in [1.29, 1.82) is 0 Å². The Hall–Kier alpha value is -0.301. The van der Waals surface area contributed by atoms with E-state index in [2.05, 4.69) is 13.8 Å². The van der Waals surface area contributed by atoms with Gasteiger partial charge >= 0.3 is 120 Å². The summed E-state index contributed by atoms with van der Waals surface area (Å²) in [5.41, 5.74) is 0. The molecule has 19 heavy (non-hydrogen) atoms. The summed E-state index contributed by atoms with van der Waals surface area (Å²) in [5.74, 6) is -0.448. The summed E-state index contributed by atoms with van der Waals surface area (Å²) in [6.07, 6.45) is 3.99. The summed E-state index contributed by atoms with van der Waals surface area (Å²) < 4.78 is 13.0. The first kappa shape index (κ1) is 16.8. The van der Waals surface area contributed by atoms with E-state index in [1.54, 1.807) is 11.9 Å². The van der Waals surface area contributed by atoms with Crippen molar-refractivity contribution in [3.8, 4) is 0 Å². The maximum absolute atomic E-state index is 11.9. The Morgan fingerprint density at radius 3 is 1.79 bits per heavy atom. The first-order valence-corrected chi connectivity index (χ1v) is 13.5. The van der Waals surface area contributed by atoms with Gasteiger partial charge in [0.2, 0.25) is 0 Å². The molecule has 6 heteroatoms. The van der Waals surface area contributed by atoms with Crippen molar-refractivity contribution in [2.45, 2.75) is 48.4 Å². The van der Waals surface area contributed by atoms with Crippen LogP contribution >= 0.6 is 0 Å². The van der Waals surface area contributed by atoms with Gasteiger partial charge in [-0.25, -0.2) is 0 Å². The van der Waals surface area contributed by atoms with Gasteiger partial charge in [0.15, 0.2) is 0 Å². The molecule has 0 aliphatic carbocycles. The van der Waals surface area contributed by atoms with Gasteiger partial charge in [0.1, 0.15) is 0 Å². The number of likely N-dealkylation sites (N-methyl/N-ethyl adjacent to an activating group) is 1. The maximum atomic E-state index is 11.9. The van der Waals surface area contributed by atoms with Crippen molar-refractivity contribution in [1.82, 2.24) is 4.90 Å². The zero-order valence-electron chi connectivity index (χ0n) is 12.2. The van der Waals surface area contributed by atoms with Crippen LogP contribution in [-0.4, -0.2) is 56.2 Å². The number of carbonyl (C=O) groups excluding carboxylic acids is 2. The molecular weight excluding hydrogens is 353 g/mol. The van der Waals surface area contributed by atoms with E-state index in [4.69, 9.17) is 6.15 Å². The predicted octanol–water partition coefficient (Wildman–Crippen LogP) is 2.06. The molecule has 110 valence electrons. The van der Waals surface area contributed by atoms with Gasteiger partial charge < -0.3 is 0 Å². The van der Waals surface area contributed by atoms with Crippen LogP contribution in [0.25, 0.3) is 0 Å². The summed E-state index contributed by atoms with van der Waals surface area (Å²) in [4.78, 5) is 25.4. The molecule has 0 saturated carbocycles. The fourth-order valence-corrected chi connectivity index (χ4v) is 12.0. The van der Waals surface area contributed by atoms with Gasteiger partial charge in [0.05, 0.1) is 0 Å². The zero-order valence-corrected chi connectivity index (χ0v) is 15.1. The average molecular weight is 378 g/mol. The molecule has 0 spiro atoms. The zero-order chi connectivity index (χ0) is 14.3. The summed E-state index contributed by atoms with van der Waals surface area (Å²) in [6.45, 7) is 4.57. The molecular formula is C13H25NO4Sn. The van der Waals surface area contributed by atoms with Crippen LogP contribution in [-0.2, 0) is 15.7 Å². The minimum atomic E-state index is -3.53. The molecule has 1 fully saturated rings. The molecule has 5 nitrogen and oxygen atoms in total. The predicted molar refractivity (Wildman–Crippen MR) is 74.9 cm³/mol. The summed E-state index contributed by atoms with van der Waals surface area (Å²) in [6, 6.07) is 0. The molecule has 0 aromatic heterocycles. The van der Waals surface area contributed by atoms with E-state index in [9.17, 15) is 9.59 Å². The molecule has 1 heterocycles. The molecule has 0 radical (unpaired) electrons. The van der Waals surface area contributed by atoms with Gasteiger partial charge in [-0.15, -0.1) is 0 Å². The normalized spacial score (nSPS) is 20.4. The Morgan fingerprint density at radius 1 is 1.00 bits per heavy atom. The molecule has 1 aliphatic heterocycles. The van der Waals surface area contributed by atoms with E-state index >= 15 is 0 Å². The van der Waals surface area contributed by atoms with Gasteiger partial charge in [-0.2, -0.15) is 0 Å². The van der Waals surface area contributed by atoms with E-state index in [1.165, 1.54) is 0 Å². The molecule has 1 rings (SSSR count). The van der Waals surface area contributed by atoms with Crippen molar-refractivity contribution in [2.75, 3.05) is 20.1 Å². The summed E-state index contributed by atoms with van der Waals surface area (Å²) >= 11 is -3.53. The van der Waals surface area contributed by atoms with Crippen molar-refractivity contribution in [3.05, 3.63) is 0 Å². The standard InChI is InChI=1S/C5H9NO4.2C4H9.Sn/c1-6(2-4(7)8)3-5(9)10;2*1-3-4-2;/h2-3H2,1H3,(H,7,8)(H,9,10);2*1,3-4H2,2H3;/q;;;+2/p-2. The van der Waals surface area contributed by atoms with Gasteiger partial charge in [0.25, 0.3) is 0 Å². The first-order valence-electron chi connectivity index (χ1n) is 7.13. The van der Waals surface area contributed by atoms with Crippen LogP contribution in [0.4, 0.5) is 0 Å². The second-order valence-corrected chi connectivity index (χ2v) is 14.5. The van der Waals surface area contributed by atoms with E-state index in [0.717, 1.165) is 34.6 Å². The van der Waals surface area contributed by atoms with Crippen LogP contribution in [0.2, 0.25) is 8.87 Å². The molecule has 0 bridgehead atoms. The fourth-order valence-electron chi connectivity index (χ4n) is 2.22. The van der Waals surface area contributed by atoms with Crippen molar-refractivity contribution in [2.24, 2.45) is 0 Å². The molecule has 1 saturated heterocycles. The summed E-state index contributed by atoms with van der Waals surface area (Å²) in [7, 11) is 1.73. The Kier molecular flexibility index (Phi) is 7.13. The Morgan fingerprint density at radius 2 is 1.42 bits per heavy atom. The molecule has 1 aliphatic rings. The van der Waals surface area contributed by atoms with Crippen LogP contribution in [0.1, 0.15) is 39.5 Å². The van der Waals surface area contributed by atoms with Gasteiger partial charge in [-0.05, 0) is 0 Å². The monoisotopic (exact) mass is 379 g/mol. The number of carbonyl (C=O) groups is 2. The molecule has 0 amide bonds. The quantitative estimate of drug-likeness (QED) is 0.663. The molecule has 0 aromatic carbocycles. The van der Waals surface area contributed by atoms with Crippen LogP contribution < -0.4 is 0 Å². The van der Waals surface area contributed by atoms with E-state index in [1.807, 2.05) is 0 Å². The van der Waals surface area contributed by atoms with E-state index < -0.39 is 19.2 Å². The van der Waals surface area contributed by atoms with Crippen molar-refractivity contribution < 1.29 is 15.7 Å². The molecule has 0 unspecified atom stereocenters. The third-order valence-corrected chi connectivity index (χ3v) is 13.0. The number of unbranched alkanes of at least 4 members (excludes halogenated alkanes) is 2. The fraction of sp³-hybridized carbons (Fsp3) is 0.846. The Balaban J connectivity index is 2.83. The third-order valence-electron chi connectivity index (χ3n) is 3.22. The van der Waals surface area contributed by atoms with Gasteiger partial charge in [-0.1, -0.05) is 0 Å². The van der Waals surface area contributed by atoms with Crippen LogP contribution in [0, 0.1) is 0 Å². The van der Waals surface area contributed by atoms with E-state index in [0.29, 0.717) is 0 Å². The van der Waals surface area contributed by atoms with Crippen LogP contribution in [0.5, 0.6) is 0 Å². The number of rotatable bonds is 6.